The molecular formula is C21H28ClNO3S. The minimum absolute atomic E-state index is 0.0553. The summed E-state index contributed by atoms with van der Waals surface area (Å²) < 4.78 is 24.1. The van der Waals surface area contributed by atoms with E-state index in [9.17, 15) is 13.2 Å². The van der Waals surface area contributed by atoms with Gasteiger partial charge in [0.1, 0.15) is 0 Å². The zero-order chi connectivity index (χ0) is 20.0. The van der Waals surface area contributed by atoms with Crippen LogP contribution in [0.25, 0.3) is 0 Å². The molecule has 148 valence electrons. The highest BCUT2D eigenvalue weighted by Crippen LogP contribution is 2.60. The van der Waals surface area contributed by atoms with Crippen LogP contribution in [-0.2, 0) is 21.2 Å². The van der Waals surface area contributed by atoms with E-state index in [1.807, 2.05) is 32.0 Å². The molecule has 0 unspecified atom stereocenters. The van der Waals surface area contributed by atoms with Crippen molar-refractivity contribution in [3.63, 3.8) is 0 Å². The topological polar surface area (TPSA) is 54.5 Å². The van der Waals surface area contributed by atoms with Crippen molar-refractivity contribution >= 4 is 27.3 Å². The fourth-order valence-electron chi connectivity index (χ4n) is 4.24. The van der Waals surface area contributed by atoms with E-state index in [1.54, 1.807) is 11.0 Å². The Balaban J connectivity index is 1.88. The highest BCUT2D eigenvalue weighted by molar-refractivity contribution is 7.91. The maximum Gasteiger partial charge on any atom is 0.227 e. The van der Waals surface area contributed by atoms with Gasteiger partial charge in [0.15, 0.2) is 9.84 Å². The molecule has 3 rings (SSSR count). The molecule has 0 aromatic heterocycles. The van der Waals surface area contributed by atoms with Crippen molar-refractivity contribution in [2.45, 2.75) is 46.7 Å². The summed E-state index contributed by atoms with van der Waals surface area (Å²) in [6, 6.07) is 7.17. The summed E-state index contributed by atoms with van der Waals surface area (Å²) in [5.41, 5.74) is 2.03. The first-order chi connectivity index (χ1) is 12.5. The second-order valence-corrected chi connectivity index (χ2v) is 11.4. The van der Waals surface area contributed by atoms with Gasteiger partial charge in [-0.05, 0) is 49.3 Å². The molecule has 0 bridgehead atoms. The molecule has 6 heteroatoms. The van der Waals surface area contributed by atoms with Crippen LogP contribution in [0.3, 0.4) is 0 Å². The van der Waals surface area contributed by atoms with E-state index in [4.69, 9.17) is 11.6 Å². The number of nitrogens with zero attached hydrogens (tertiary/aromatic N) is 1. The van der Waals surface area contributed by atoms with Crippen LogP contribution in [0, 0.1) is 17.3 Å². The number of carbonyl (C=O) groups is 1. The van der Waals surface area contributed by atoms with E-state index >= 15 is 0 Å². The standard InChI is InChI=1S/C21H28ClNO3S/c1-14(2)10-18-19(21(18,3)4)20(24)23(17-8-9-27(25,26)13-17)12-15-6-5-7-16(22)11-15/h5-7,10-11,17-19H,8-9,12-13H2,1-4H3/t17-,18+,19-/m0/s1. The van der Waals surface area contributed by atoms with Crippen LogP contribution < -0.4 is 0 Å². The average molecular weight is 410 g/mol. The normalized spacial score (nSPS) is 27.8. The molecule has 1 saturated carbocycles. The van der Waals surface area contributed by atoms with Crippen molar-refractivity contribution in [2.75, 3.05) is 11.5 Å². The first-order valence-electron chi connectivity index (χ1n) is 9.41. The van der Waals surface area contributed by atoms with Gasteiger partial charge in [-0.2, -0.15) is 0 Å². The SMILES string of the molecule is CC(C)=C[C@@H]1[C@@H](C(=O)N(Cc2cccc(Cl)c2)[C@H]2CCS(=O)(=O)C2)C1(C)C. The van der Waals surface area contributed by atoms with Gasteiger partial charge < -0.3 is 4.90 Å². The molecule has 1 aliphatic carbocycles. The number of sulfone groups is 1. The van der Waals surface area contributed by atoms with Crippen LogP contribution in [0.1, 0.15) is 39.7 Å². The molecule has 1 saturated heterocycles. The predicted molar refractivity (Wildman–Crippen MR) is 109 cm³/mol. The Labute approximate surface area is 167 Å². The lowest BCUT2D eigenvalue weighted by atomic mass is 10.1. The molecule has 27 heavy (non-hydrogen) atoms. The first kappa shape index (κ1) is 20.4. The number of benzene rings is 1. The van der Waals surface area contributed by atoms with Gasteiger partial charge in [0.05, 0.1) is 17.4 Å². The number of hydrogen-bond acceptors (Lipinski definition) is 3. The minimum Gasteiger partial charge on any atom is -0.334 e. The maximum absolute atomic E-state index is 13.5. The Hall–Kier alpha value is -1.33. The van der Waals surface area contributed by atoms with Crippen LogP contribution in [0.15, 0.2) is 35.9 Å². The molecule has 2 fully saturated rings. The minimum atomic E-state index is -3.07. The highest BCUT2D eigenvalue weighted by atomic mass is 35.5. The molecule has 2 aliphatic rings. The number of hydrogen-bond donors (Lipinski definition) is 0. The van der Waals surface area contributed by atoms with Crippen molar-refractivity contribution < 1.29 is 13.2 Å². The molecule has 1 aliphatic heterocycles. The second-order valence-electron chi connectivity index (χ2n) is 8.72. The Morgan fingerprint density at radius 1 is 1.33 bits per heavy atom. The molecule has 1 amide bonds. The summed E-state index contributed by atoms with van der Waals surface area (Å²) in [5.74, 6) is 0.372. The molecule has 0 N–H and O–H groups in total. The van der Waals surface area contributed by atoms with Gasteiger partial charge in [0, 0.05) is 17.6 Å². The van der Waals surface area contributed by atoms with Crippen LogP contribution in [0.4, 0.5) is 0 Å². The Kier molecular flexibility index (Phi) is 5.48. The van der Waals surface area contributed by atoms with Crippen molar-refractivity contribution in [1.82, 2.24) is 4.90 Å². The second kappa shape index (κ2) is 7.25. The third kappa shape index (κ3) is 4.40. The van der Waals surface area contributed by atoms with Crippen molar-refractivity contribution in [3.8, 4) is 0 Å². The van der Waals surface area contributed by atoms with E-state index in [0.29, 0.717) is 18.0 Å². The molecule has 1 heterocycles. The summed E-state index contributed by atoms with van der Waals surface area (Å²) in [5, 5.41) is 0.619. The van der Waals surface area contributed by atoms with Gasteiger partial charge in [-0.25, -0.2) is 8.42 Å². The largest absolute Gasteiger partial charge is 0.334 e. The lowest BCUT2D eigenvalue weighted by Crippen LogP contribution is -2.42. The van der Waals surface area contributed by atoms with Gasteiger partial charge in [-0.3, -0.25) is 4.79 Å². The molecule has 0 spiro atoms. The quantitative estimate of drug-likeness (QED) is 0.688. The van der Waals surface area contributed by atoms with Crippen molar-refractivity contribution in [3.05, 3.63) is 46.5 Å². The van der Waals surface area contributed by atoms with Gasteiger partial charge in [0.25, 0.3) is 0 Å². The lowest BCUT2D eigenvalue weighted by molar-refractivity contribution is -0.136. The average Bonchev–Trinajstić information content (AvgIpc) is 2.88. The fourth-order valence-corrected chi connectivity index (χ4v) is 6.18. The monoisotopic (exact) mass is 409 g/mol. The molecule has 1 aromatic rings. The summed E-state index contributed by atoms with van der Waals surface area (Å²) in [6.07, 6.45) is 2.68. The number of amides is 1. The third-order valence-corrected chi connectivity index (χ3v) is 7.85. The molecule has 4 nitrogen and oxygen atoms in total. The zero-order valence-corrected chi connectivity index (χ0v) is 18.0. The van der Waals surface area contributed by atoms with E-state index < -0.39 is 9.84 Å². The zero-order valence-electron chi connectivity index (χ0n) is 16.4. The smallest absolute Gasteiger partial charge is 0.227 e. The Bertz CT molecular complexity index is 871. The Morgan fingerprint density at radius 2 is 2.04 bits per heavy atom. The van der Waals surface area contributed by atoms with Crippen LogP contribution in [0.5, 0.6) is 0 Å². The van der Waals surface area contributed by atoms with E-state index in [-0.39, 0.29) is 40.7 Å². The van der Waals surface area contributed by atoms with Gasteiger partial charge in [0.2, 0.25) is 5.91 Å². The summed E-state index contributed by atoms with van der Waals surface area (Å²) in [7, 11) is -3.07. The summed E-state index contributed by atoms with van der Waals surface area (Å²) in [6.45, 7) is 8.71. The lowest BCUT2D eigenvalue weighted by Gasteiger charge is -2.29. The summed E-state index contributed by atoms with van der Waals surface area (Å²) >= 11 is 6.11. The highest BCUT2D eigenvalue weighted by Gasteiger charge is 2.61. The van der Waals surface area contributed by atoms with Gasteiger partial charge in [-0.15, -0.1) is 0 Å². The van der Waals surface area contributed by atoms with Crippen LogP contribution in [0.2, 0.25) is 5.02 Å². The first-order valence-corrected chi connectivity index (χ1v) is 11.6. The van der Waals surface area contributed by atoms with Crippen molar-refractivity contribution in [1.29, 1.82) is 0 Å². The summed E-state index contributed by atoms with van der Waals surface area (Å²) in [4.78, 5) is 15.3. The van der Waals surface area contributed by atoms with E-state index in [1.165, 1.54) is 5.57 Å². The number of rotatable bonds is 5. The number of carbonyl (C=O) groups excluding carboxylic acids is 1. The molecule has 0 radical (unpaired) electrons. The fraction of sp³-hybridized carbons (Fsp3) is 0.571. The number of allylic oxidation sites excluding steroid dienone is 2. The van der Waals surface area contributed by atoms with Crippen molar-refractivity contribution in [2.24, 2.45) is 17.3 Å². The predicted octanol–water partition coefficient (Wildman–Crippen LogP) is 4.09. The van der Waals surface area contributed by atoms with Crippen LogP contribution >= 0.6 is 11.6 Å². The van der Waals surface area contributed by atoms with Crippen LogP contribution in [-0.4, -0.2) is 36.8 Å². The maximum atomic E-state index is 13.5. The van der Waals surface area contributed by atoms with Gasteiger partial charge in [-0.1, -0.05) is 49.2 Å². The molecule has 3 atom stereocenters. The number of halogens is 1. The molecule has 1 aromatic carbocycles. The third-order valence-electron chi connectivity index (χ3n) is 5.86. The molecular weight excluding hydrogens is 382 g/mol. The van der Waals surface area contributed by atoms with E-state index in [2.05, 4.69) is 19.9 Å². The Morgan fingerprint density at radius 3 is 2.59 bits per heavy atom. The van der Waals surface area contributed by atoms with E-state index in [0.717, 1.165) is 5.56 Å². The van der Waals surface area contributed by atoms with Gasteiger partial charge >= 0.3 is 0 Å².